The molecule has 2 saturated heterocycles. The maximum absolute atomic E-state index is 6.20. The molecule has 0 aromatic heterocycles. The average Bonchev–Trinajstić information content (AvgIpc) is 2.64. The van der Waals surface area contributed by atoms with E-state index in [1.807, 2.05) is 0 Å². The summed E-state index contributed by atoms with van der Waals surface area (Å²) in [6.45, 7) is 9.17. The molecule has 2 N–H and O–H groups in total. The van der Waals surface area contributed by atoms with E-state index in [4.69, 9.17) is 5.73 Å². The molecule has 18 heavy (non-hydrogen) atoms. The minimum Gasteiger partial charge on any atom is -0.329 e. The first kappa shape index (κ1) is 14.6. The number of nitrogens with zero attached hydrogens (tertiary/aromatic N) is 2. The van der Waals surface area contributed by atoms with Gasteiger partial charge < -0.3 is 10.6 Å². The zero-order valence-electron chi connectivity index (χ0n) is 12.2. The predicted octanol–water partition coefficient (Wildman–Crippen LogP) is 1.63. The van der Waals surface area contributed by atoms with Crippen LogP contribution in [0.2, 0.25) is 0 Å². The van der Waals surface area contributed by atoms with Gasteiger partial charge in [-0.15, -0.1) is 0 Å². The average molecular weight is 271 g/mol. The van der Waals surface area contributed by atoms with Crippen molar-refractivity contribution in [2.24, 2.45) is 5.73 Å². The van der Waals surface area contributed by atoms with E-state index >= 15 is 0 Å². The van der Waals surface area contributed by atoms with Crippen molar-refractivity contribution in [3.63, 3.8) is 0 Å². The fourth-order valence-electron chi connectivity index (χ4n) is 3.63. The second-order valence-electron chi connectivity index (χ2n) is 6.13. The van der Waals surface area contributed by atoms with Gasteiger partial charge in [-0.25, -0.2) is 0 Å². The Morgan fingerprint density at radius 1 is 1.39 bits per heavy atom. The lowest BCUT2D eigenvalue weighted by Gasteiger charge is -2.44. The number of hydrogen-bond acceptors (Lipinski definition) is 4. The first-order valence-electron chi connectivity index (χ1n) is 7.38. The quantitative estimate of drug-likeness (QED) is 0.845. The van der Waals surface area contributed by atoms with E-state index in [-0.39, 0.29) is 5.54 Å². The lowest BCUT2D eigenvalue weighted by molar-refractivity contribution is 0.0622. The summed E-state index contributed by atoms with van der Waals surface area (Å²) in [4.78, 5) is 5.26. The van der Waals surface area contributed by atoms with Crippen molar-refractivity contribution in [1.29, 1.82) is 0 Å². The molecule has 0 radical (unpaired) electrons. The van der Waals surface area contributed by atoms with E-state index in [1.54, 1.807) is 0 Å². The second kappa shape index (κ2) is 6.12. The third kappa shape index (κ3) is 2.87. The van der Waals surface area contributed by atoms with Gasteiger partial charge in [-0.05, 0) is 32.9 Å². The van der Waals surface area contributed by atoms with Crippen molar-refractivity contribution in [3.05, 3.63) is 0 Å². The lowest BCUT2D eigenvalue weighted by Crippen LogP contribution is -2.59. The van der Waals surface area contributed by atoms with Gasteiger partial charge in [-0.1, -0.05) is 13.8 Å². The normalized spacial score (nSPS) is 40.0. The molecule has 0 amide bonds. The number of hydrogen-bond donors (Lipinski definition) is 1. The zero-order chi connectivity index (χ0) is 13.2. The maximum Gasteiger partial charge on any atom is 0.0435 e. The molecule has 2 rings (SSSR count). The lowest BCUT2D eigenvalue weighted by atomic mass is 9.91. The SMILES string of the molecule is CCC1CN(C)CCCN1C1(CN)CSC(C)C1. The Bertz CT molecular complexity index is 274. The highest BCUT2D eigenvalue weighted by Gasteiger charge is 2.44. The Labute approximate surface area is 116 Å². The van der Waals surface area contributed by atoms with Gasteiger partial charge in [0.15, 0.2) is 0 Å². The number of thioether (sulfide) groups is 1. The van der Waals surface area contributed by atoms with Crippen molar-refractivity contribution in [2.75, 3.05) is 39.0 Å². The monoisotopic (exact) mass is 271 g/mol. The summed E-state index contributed by atoms with van der Waals surface area (Å²) in [5.74, 6) is 1.23. The van der Waals surface area contributed by atoms with Crippen LogP contribution in [0, 0.1) is 0 Å². The Balaban J connectivity index is 2.17. The van der Waals surface area contributed by atoms with Crippen LogP contribution in [0.1, 0.15) is 33.1 Å². The van der Waals surface area contributed by atoms with Crippen LogP contribution in [0.3, 0.4) is 0 Å². The van der Waals surface area contributed by atoms with Crippen LogP contribution in [0.4, 0.5) is 0 Å². The van der Waals surface area contributed by atoms with Gasteiger partial charge in [0.25, 0.3) is 0 Å². The fraction of sp³-hybridized carbons (Fsp3) is 1.00. The van der Waals surface area contributed by atoms with E-state index in [1.165, 1.54) is 44.6 Å². The van der Waals surface area contributed by atoms with Gasteiger partial charge >= 0.3 is 0 Å². The third-order valence-corrected chi connectivity index (χ3v) is 6.11. The van der Waals surface area contributed by atoms with Crippen LogP contribution in [-0.2, 0) is 0 Å². The third-order valence-electron chi connectivity index (χ3n) is 4.67. The minimum absolute atomic E-state index is 0.274. The summed E-state index contributed by atoms with van der Waals surface area (Å²) in [5, 5.41) is 0.770. The molecule has 3 nitrogen and oxygen atoms in total. The minimum atomic E-state index is 0.274. The fourth-order valence-corrected chi connectivity index (χ4v) is 5.05. The van der Waals surface area contributed by atoms with E-state index in [0.717, 1.165) is 11.8 Å². The highest BCUT2D eigenvalue weighted by molar-refractivity contribution is 8.00. The molecule has 3 atom stereocenters. The van der Waals surface area contributed by atoms with E-state index < -0.39 is 0 Å². The van der Waals surface area contributed by atoms with Crippen molar-refractivity contribution in [2.45, 2.75) is 49.9 Å². The molecule has 3 unspecified atom stereocenters. The molecule has 4 heteroatoms. The standard InChI is InChI=1S/C14H29N3S/c1-4-13-9-16(3)6-5-7-17(13)14(10-15)8-12(2)18-11-14/h12-13H,4-11,15H2,1-3H3. The molecule has 0 aromatic carbocycles. The molecular weight excluding hydrogens is 242 g/mol. The number of likely N-dealkylation sites (N-methyl/N-ethyl adjacent to an activating group) is 1. The summed E-state index contributed by atoms with van der Waals surface area (Å²) in [6, 6.07) is 0.687. The summed E-state index contributed by atoms with van der Waals surface area (Å²) in [6.07, 6.45) is 3.80. The molecule has 2 aliphatic heterocycles. The van der Waals surface area contributed by atoms with Crippen LogP contribution < -0.4 is 5.73 Å². The van der Waals surface area contributed by atoms with Gasteiger partial charge in [0, 0.05) is 42.2 Å². The molecular formula is C14H29N3S. The molecule has 0 spiro atoms. The topological polar surface area (TPSA) is 32.5 Å². The Morgan fingerprint density at radius 3 is 2.72 bits per heavy atom. The van der Waals surface area contributed by atoms with Crippen molar-refractivity contribution in [1.82, 2.24) is 9.80 Å². The largest absolute Gasteiger partial charge is 0.329 e. The van der Waals surface area contributed by atoms with Crippen LogP contribution in [0.5, 0.6) is 0 Å². The summed E-state index contributed by atoms with van der Waals surface area (Å²) < 4.78 is 0. The summed E-state index contributed by atoms with van der Waals surface area (Å²) in [7, 11) is 2.26. The molecule has 106 valence electrons. The van der Waals surface area contributed by atoms with Crippen LogP contribution in [0.15, 0.2) is 0 Å². The molecule has 2 aliphatic rings. The van der Waals surface area contributed by atoms with Crippen LogP contribution >= 0.6 is 11.8 Å². The highest BCUT2D eigenvalue weighted by atomic mass is 32.2. The Kier molecular flexibility index (Phi) is 4.98. The summed E-state index contributed by atoms with van der Waals surface area (Å²) >= 11 is 2.11. The van der Waals surface area contributed by atoms with Gasteiger partial charge in [-0.3, -0.25) is 4.90 Å². The summed E-state index contributed by atoms with van der Waals surface area (Å²) in [5.41, 5.74) is 6.47. The molecule has 2 fully saturated rings. The molecule has 2 heterocycles. The smallest absolute Gasteiger partial charge is 0.0435 e. The Morgan fingerprint density at radius 2 is 2.17 bits per heavy atom. The van der Waals surface area contributed by atoms with E-state index in [0.29, 0.717) is 6.04 Å². The Hall–Kier alpha value is 0.230. The molecule has 0 aromatic rings. The van der Waals surface area contributed by atoms with Crippen molar-refractivity contribution in [3.8, 4) is 0 Å². The van der Waals surface area contributed by atoms with Gasteiger partial charge in [0.1, 0.15) is 0 Å². The van der Waals surface area contributed by atoms with Crippen molar-refractivity contribution < 1.29 is 0 Å². The van der Waals surface area contributed by atoms with Gasteiger partial charge in [-0.2, -0.15) is 11.8 Å². The second-order valence-corrected chi connectivity index (χ2v) is 7.55. The van der Waals surface area contributed by atoms with E-state index in [9.17, 15) is 0 Å². The molecule has 0 saturated carbocycles. The van der Waals surface area contributed by atoms with E-state index in [2.05, 4.69) is 42.5 Å². The zero-order valence-corrected chi connectivity index (χ0v) is 13.0. The van der Waals surface area contributed by atoms with Crippen molar-refractivity contribution >= 4 is 11.8 Å². The number of rotatable bonds is 3. The number of nitrogens with two attached hydrogens (primary N) is 1. The predicted molar refractivity (Wildman–Crippen MR) is 81.2 cm³/mol. The van der Waals surface area contributed by atoms with Gasteiger partial charge in [0.2, 0.25) is 0 Å². The first-order valence-corrected chi connectivity index (χ1v) is 8.43. The maximum atomic E-state index is 6.20. The molecule has 0 aliphatic carbocycles. The highest BCUT2D eigenvalue weighted by Crippen LogP contribution is 2.40. The first-order chi connectivity index (χ1) is 8.61. The van der Waals surface area contributed by atoms with Crippen LogP contribution in [0.25, 0.3) is 0 Å². The van der Waals surface area contributed by atoms with Gasteiger partial charge in [0.05, 0.1) is 0 Å². The molecule has 0 bridgehead atoms. The van der Waals surface area contributed by atoms with Crippen LogP contribution in [-0.4, -0.2) is 65.6 Å².